The Balaban J connectivity index is 1.91. The van der Waals surface area contributed by atoms with Gasteiger partial charge in [-0.2, -0.15) is 0 Å². The maximum absolute atomic E-state index is 6.00. The highest BCUT2D eigenvalue weighted by atomic mass is 35.5. The lowest BCUT2D eigenvalue weighted by atomic mass is 9.85. The number of nitrogens with zero attached hydrogens (tertiary/aromatic N) is 2. The predicted octanol–water partition coefficient (Wildman–Crippen LogP) is 3.72. The Bertz CT molecular complexity index is 394. The summed E-state index contributed by atoms with van der Waals surface area (Å²) in [5.41, 5.74) is 1.43. The number of piperazine rings is 1. The summed E-state index contributed by atoms with van der Waals surface area (Å²) >= 11 is 6.00. The average Bonchev–Trinajstić information content (AvgIpc) is 2.43. The minimum Gasteiger partial charge on any atom is -0.304 e. The minimum absolute atomic E-state index is 0.631. The molecule has 1 aromatic rings. The molecule has 0 N–H and O–H groups in total. The van der Waals surface area contributed by atoms with Crippen molar-refractivity contribution >= 4 is 11.6 Å². The van der Waals surface area contributed by atoms with E-state index >= 15 is 0 Å². The third-order valence-electron chi connectivity index (χ3n) is 4.46. The standard InChI is InChI=1S/C17H27ClN2/c1-14(2)17(15-4-6-16(18)7-5-15)8-9-20-12-10-19(3)11-13-20/h4-7,14,17H,8-13H2,1-3H3/t17-/m0/s1. The molecule has 1 aromatic carbocycles. The van der Waals surface area contributed by atoms with Crippen LogP contribution in [-0.4, -0.2) is 49.6 Å². The summed E-state index contributed by atoms with van der Waals surface area (Å²) in [5, 5.41) is 0.829. The van der Waals surface area contributed by atoms with Gasteiger partial charge in [-0.3, -0.25) is 0 Å². The molecule has 20 heavy (non-hydrogen) atoms. The van der Waals surface area contributed by atoms with E-state index in [9.17, 15) is 0 Å². The molecular formula is C17H27ClN2. The fourth-order valence-corrected chi connectivity index (χ4v) is 3.11. The van der Waals surface area contributed by atoms with Crippen LogP contribution >= 0.6 is 11.6 Å². The molecular weight excluding hydrogens is 268 g/mol. The first-order chi connectivity index (χ1) is 9.56. The molecule has 3 heteroatoms. The molecule has 0 saturated carbocycles. The van der Waals surface area contributed by atoms with Gasteiger partial charge in [0.2, 0.25) is 0 Å². The second kappa shape index (κ2) is 7.44. The van der Waals surface area contributed by atoms with E-state index in [0.29, 0.717) is 11.8 Å². The number of hydrogen-bond donors (Lipinski definition) is 0. The number of likely N-dealkylation sites (N-methyl/N-ethyl adjacent to an activating group) is 1. The molecule has 2 nitrogen and oxygen atoms in total. The number of rotatable bonds is 5. The van der Waals surface area contributed by atoms with E-state index in [0.717, 1.165) is 5.02 Å². The summed E-state index contributed by atoms with van der Waals surface area (Å²) in [4.78, 5) is 5.01. The number of benzene rings is 1. The van der Waals surface area contributed by atoms with Gasteiger partial charge in [-0.1, -0.05) is 37.6 Å². The van der Waals surface area contributed by atoms with Gasteiger partial charge in [-0.25, -0.2) is 0 Å². The van der Waals surface area contributed by atoms with Gasteiger partial charge in [0, 0.05) is 31.2 Å². The van der Waals surface area contributed by atoms with E-state index < -0.39 is 0 Å². The Hall–Kier alpha value is -0.570. The third-order valence-corrected chi connectivity index (χ3v) is 4.71. The Morgan fingerprint density at radius 3 is 2.20 bits per heavy atom. The zero-order chi connectivity index (χ0) is 14.5. The summed E-state index contributed by atoms with van der Waals surface area (Å²) in [6, 6.07) is 8.41. The van der Waals surface area contributed by atoms with Crippen LogP contribution in [0, 0.1) is 5.92 Å². The van der Waals surface area contributed by atoms with E-state index in [1.807, 2.05) is 12.1 Å². The highest BCUT2D eigenvalue weighted by Gasteiger charge is 2.19. The van der Waals surface area contributed by atoms with Crippen LogP contribution in [0.1, 0.15) is 31.7 Å². The molecule has 2 rings (SSSR count). The molecule has 0 amide bonds. The van der Waals surface area contributed by atoms with Crippen molar-refractivity contribution < 1.29 is 0 Å². The van der Waals surface area contributed by atoms with Crippen molar-refractivity contribution in [2.24, 2.45) is 5.92 Å². The Morgan fingerprint density at radius 2 is 1.65 bits per heavy atom. The van der Waals surface area contributed by atoms with Crippen molar-refractivity contribution in [3.63, 3.8) is 0 Å². The van der Waals surface area contributed by atoms with Gasteiger partial charge in [0.1, 0.15) is 0 Å². The van der Waals surface area contributed by atoms with Crippen LogP contribution in [0.2, 0.25) is 5.02 Å². The van der Waals surface area contributed by atoms with Gasteiger partial charge in [0.15, 0.2) is 0 Å². The molecule has 0 aliphatic carbocycles. The van der Waals surface area contributed by atoms with Crippen molar-refractivity contribution in [3.8, 4) is 0 Å². The zero-order valence-corrected chi connectivity index (χ0v) is 13.7. The van der Waals surface area contributed by atoms with Crippen LogP contribution < -0.4 is 0 Å². The summed E-state index contributed by atoms with van der Waals surface area (Å²) in [6.07, 6.45) is 1.24. The maximum atomic E-state index is 6.00. The predicted molar refractivity (Wildman–Crippen MR) is 87.6 cm³/mol. The van der Waals surface area contributed by atoms with E-state index in [1.165, 1.54) is 44.7 Å². The highest BCUT2D eigenvalue weighted by Crippen LogP contribution is 2.29. The van der Waals surface area contributed by atoms with E-state index in [1.54, 1.807) is 0 Å². The van der Waals surface area contributed by atoms with Gasteiger partial charge in [0.05, 0.1) is 0 Å². The van der Waals surface area contributed by atoms with Gasteiger partial charge >= 0.3 is 0 Å². The van der Waals surface area contributed by atoms with Gasteiger partial charge in [-0.05, 0) is 49.5 Å². The first-order valence-corrected chi connectivity index (χ1v) is 8.10. The maximum Gasteiger partial charge on any atom is 0.0406 e. The fourth-order valence-electron chi connectivity index (χ4n) is 2.99. The van der Waals surface area contributed by atoms with Crippen molar-refractivity contribution in [2.75, 3.05) is 39.8 Å². The third kappa shape index (κ3) is 4.47. The van der Waals surface area contributed by atoms with Crippen LogP contribution in [-0.2, 0) is 0 Å². The fraction of sp³-hybridized carbons (Fsp3) is 0.647. The van der Waals surface area contributed by atoms with Crippen molar-refractivity contribution in [2.45, 2.75) is 26.2 Å². The molecule has 0 bridgehead atoms. The number of hydrogen-bond acceptors (Lipinski definition) is 2. The molecule has 0 unspecified atom stereocenters. The second-order valence-corrected chi connectivity index (χ2v) is 6.77. The molecule has 1 fully saturated rings. The lowest BCUT2D eigenvalue weighted by molar-refractivity contribution is 0.148. The second-order valence-electron chi connectivity index (χ2n) is 6.34. The Labute approximate surface area is 128 Å². The normalized spacial score (nSPS) is 19.4. The lowest BCUT2D eigenvalue weighted by Crippen LogP contribution is -2.45. The Morgan fingerprint density at radius 1 is 1.05 bits per heavy atom. The first-order valence-electron chi connectivity index (χ1n) is 7.72. The van der Waals surface area contributed by atoms with Crippen LogP contribution in [0.3, 0.4) is 0 Å². The summed E-state index contributed by atoms with van der Waals surface area (Å²) < 4.78 is 0. The van der Waals surface area contributed by atoms with Crippen molar-refractivity contribution in [1.29, 1.82) is 0 Å². The summed E-state index contributed by atoms with van der Waals surface area (Å²) in [7, 11) is 2.21. The van der Waals surface area contributed by atoms with E-state index in [-0.39, 0.29) is 0 Å². The SMILES string of the molecule is CC(C)[C@H](CCN1CCN(C)CC1)c1ccc(Cl)cc1. The summed E-state index contributed by atoms with van der Waals surface area (Å²) in [5.74, 6) is 1.30. The molecule has 0 spiro atoms. The first kappa shape index (κ1) is 15.8. The minimum atomic E-state index is 0.631. The molecule has 0 aromatic heterocycles. The van der Waals surface area contributed by atoms with E-state index in [4.69, 9.17) is 11.6 Å². The molecule has 1 saturated heterocycles. The van der Waals surface area contributed by atoms with E-state index in [2.05, 4.69) is 42.8 Å². The quantitative estimate of drug-likeness (QED) is 0.817. The molecule has 1 aliphatic rings. The lowest BCUT2D eigenvalue weighted by Gasteiger charge is -2.33. The molecule has 1 heterocycles. The Kier molecular flexibility index (Phi) is 5.88. The van der Waals surface area contributed by atoms with Crippen molar-refractivity contribution in [3.05, 3.63) is 34.9 Å². The zero-order valence-electron chi connectivity index (χ0n) is 13.0. The van der Waals surface area contributed by atoms with Gasteiger partial charge in [0.25, 0.3) is 0 Å². The van der Waals surface area contributed by atoms with Crippen LogP contribution in [0.15, 0.2) is 24.3 Å². The van der Waals surface area contributed by atoms with Crippen LogP contribution in [0.25, 0.3) is 0 Å². The van der Waals surface area contributed by atoms with Gasteiger partial charge < -0.3 is 9.80 Å². The highest BCUT2D eigenvalue weighted by molar-refractivity contribution is 6.30. The van der Waals surface area contributed by atoms with Crippen molar-refractivity contribution in [1.82, 2.24) is 9.80 Å². The monoisotopic (exact) mass is 294 g/mol. The molecule has 112 valence electrons. The topological polar surface area (TPSA) is 6.48 Å². The smallest absolute Gasteiger partial charge is 0.0406 e. The van der Waals surface area contributed by atoms with Gasteiger partial charge in [-0.15, -0.1) is 0 Å². The largest absolute Gasteiger partial charge is 0.304 e. The van der Waals surface area contributed by atoms with Crippen LogP contribution in [0.4, 0.5) is 0 Å². The molecule has 0 radical (unpaired) electrons. The summed E-state index contributed by atoms with van der Waals surface area (Å²) in [6.45, 7) is 10.7. The van der Waals surface area contributed by atoms with Crippen LogP contribution in [0.5, 0.6) is 0 Å². The average molecular weight is 295 g/mol. The number of halogens is 1. The molecule has 1 aliphatic heterocycles. The molecule has 1 atom stereocenters.